The van der Waals surface area contributed by atoms with Crippen LogP contribution in [-0.2, 0) is 10.0 Å². The molecule has 0 radical (unpaired) electrons. The fraction of sp³-hybridized carbons (Fsp3) is 0. The first-order valence-corrected chi connectivity index (χ1v) is 11.0. The third kappa shape index (κ3) is 4.41. The lowest BCUT2D eigenvalue weighted by molar-refractivity contribution is 0.1000. The molecule has 0 saturated heterocycles. The van der Waals surface area contributed by atoms with Crippen LogP contribution in [0.4, 0.5) is 17.3 Å². The standard InChI is InChI=1S/C21H16ClN5O4S/c22-15-9-8-13(28)11-18(15)26-20-21(25-17-7-2-1-6-16(17)24-20)27-32(30,31)14-5-3-4-12(10-14)19(23)29/h1-11,28H,(H2,23,29)(H,24,26)(H,25,27). The van der Waals surface area contributed by atoms with Gasteiger partial charge in [0.2, 0.25) is 5.91 Å². The predicted molar refractivity (Wildman–Crippen MR) is 122 cm³/mol. The van der Waals surface area contributed by atoms with E-state index in [0.29, 0.717) is 16.7 Å². The highest BCUT2D eigenvalue weighted by molar-refractivity contribution is 7.92. The summed E-state index contributed by atoms with van der Waals surface area (Å²) in [6, 6.07) is 16.5. The average molecular weight is 470 g/mol. The molecule has 0 fully saturated rings. The van der Waals surface area contributed by atoms with Gasteiger partial charge in [-0.3, -0.25) is 9.52 Å². The predicted octanol–water partition coefficient (Wildman–Crippen LogP) is 3.63. The molecule has 0 aliphatic rings. The van der Waals surface area contributed by atoms with Crippen molar-refractivity contribution >= 4 is 55.9 Å². The largest absolute Gasteiger partial charge is 0.508 e. The summed E-state index contributed by atoms with van der Waals surface area (Å²) in [7, 11) is -4.15. The van der Waals surface area contributed by atoms with Crippen molar-refractivity contribution in [3.8, 4) is 5.75 Å². The number of nitrogens with zero attached hydrogens (tertiary/aromatic N) is 2. The van der Waals surface area contributed by atoms with Crippen molar-refractivity contribution in [2.24, 2.45) is 5.73 Å². The van der Waals surface area contributed by atoms with Gasteiger partial charge in [-0.15, -0.1) is 0 Å². The van der Waals surface area contributed by atoms with Crippen molar-refractivity contribution in [2.45, 2.75) is 4.90 Å². The number of anilines is 3. The van der Waals surface area contributed by atoms with Crippen molar-refractivity contribution in [2.75, 3.05) is 10.0 Å². The highest BCUT2D eigenvalue weighted by atomic mass is 35.5. The molecule has 4 rings (SSSR count). The zero-order chi connectivity index (χ0) is 22.9. The number of hydrogen-bond donors (Lipinski definition) is 4. The van der Waals surface area contributed by atoms with Crippen LogP contribution in [-0.4, -0.2) is 29.4 Å². The molecule has 1 aromatic heterocycles. The van der Waals surface area contributed by atoms with E-state index in [4.69, 9.17) is 17.3 Å². The normalized spacial score (nSPS) is 11.3. The Labute approximate surface area is 187 Å². The number of carbonyl (C=O) groups is 1. The summed E-state index contributed by atoms with van der Waals surface area (Å²) in [6.45, 7) is 0. The molecule has 3 aromatic carbocycles. The number of fused-ring (bicyclic) bond motifs is 1. The van der Waals surface area contributed by atoms with Gasteiger partial charge in [-0.1, -0.05) is 29.8 Å². The second-order valence-corrected chi connectivity index (χ2v) is 8.79. The van der Waals surface area contributed by atoms with E-state index < -0.39 is 15.9 Å². The van der Waals surface area contributed by atoms with E-state index in [9.17, 15) is 18.3 Å². The Morgan fingerprint density at radius 1 is 0.938 bits per heavy atom. The number of sulfonamides is 1. The topological polar surface area (TPSA) is 147 Å². The number of hydrogen-bond acceptors (Lipinski definition) is 7. The van der Waals surface area contributed by atoms with E-state index in [1.165, 1.54) is 42.5 Å². The molecule has 1 heterocycles. The maximum absolute atomic E-state index is 13.0. The van der Waals surface area contributed by atoms with Crippen LogP contribution in [0.25, 0.3) is 11.0 Å². The summed E-state index contributed by atoms with van der Waals surface area (Å²) in [4.78, 5) is 20.1. The maximum atomic E-state index is 13.0. The lowest BCUT2D eigenvalue weighted by atomic mass is 10.2. The first-order valence-electron chi connectivity index (χ1n) is 9.18. The number of phenolic OH excluding ortho intramolecular Hbond substituents is 1. The van der Waals surface area contributed by atoms with Crippen LogP contribution < -0.4 is 15.8 Å². The quantitative estimate of drug-likeness (QED) is 0.337. The van der Waals surface area contributed by atoms with E-state index in [-0.39, 0.29) is 32.9 Å². The minimum Gasteiger partial charge on any atom is -0.508 e. The molecule has 0 saturated carbocycles. The van der Waals surface area contributed by atoms with E-state index in [1.54, 1.807) is 24.3 Å². The summed E-state index contributed by atoms with van der Waals surface area (Å²) >= 11 is 6.19. The molecule has 4 aromatic rings. The Morgan fingerprint density at radius 2 is 1.62 bits per heavy atom. The average Bonchev–Trinajstić information content (AvgIpc) is 2.76. The fourth-order valence-corrected chi connectivity index (χ4v) is 4.12. The first kappa shape index (κ1) is 21.3. The number of carbonyl (C=O) groups excluding carboxylic acids is 1. The SMILES string of the molecule is NC(=O)c1cccc(S(=O)(=O)Nc2nc3ccccc3nc2Nc2cc(O)ccc2Cl)c1. The third-order valence-corrected chi connectivity index (χ3v) is 6.10. The molecule has 0 atom stereocenters. The number of aromatic hydroxyl groups is 1. The second-order valence-electron chi connectivity index (χ2n) is 6.70. The number of para-hydroxylation sites is 2. The van der Waals surface area contributed by atoms with Crippen LogP contribution in [0.3, 0.4) is 0 Å². The number of benzene rings is 3. The van der Waals surface area contributed by atoms with Crippen molar-refractivity contribution in [3.63, 3.8) is 0 Å². The van der Waals surface area contributed by atoms with Crippen LogP contribution in [0.2, 0.25) is 5.02 Å². The van der Waals surface area contributed by atoms with E-state index in [2.05, 4.69) is 20.0 Å². The molecule has 11 heteroatoms. The molecule has 9 nitrogen and oxygen atoms in total. The minimum absolute atomic E-state index is 0.0439. The third-order valence-electron chi connectivity index (χ3n) is 4.43. The number of amides is 1. The molecule has 0 spiro atoms. The van der Waals surface area contributed by atoms with Gasteiger partial charge in [0.15, 0.2) is 11.6 Å². The van der Waals surface area contributed by atoms with Gasteiger partial charge in [-0.2, -0.15) is 0 Å². The van der Waals surface area contributed by atoms with E-state index >= 15 is 0 Å². The molecular formula is C21H16ClN5O4S. The lowest BCUT2D eigenvalue weighted by Gasteiger charge is -2.15. The van der Waals surface area contributed by atoms with Crippen molar-refractivity contribution in [1.29, 1.82) is 0 Å². The van der Waals surface area contributed by atoms with Crippen LogP contribution in [0.1, 0.15) is 10.4 Å². The molecule has 32 heavy (non-hydrogen) atoms. The lowest BCUT2D eigenvalue weighted by Crippen LogP contribution is -2.17. The van der Waals surface area contributed by atoms with Gasteiger partial charge in [0.05, 0.1) is 26.6 Å². The van der Waals surface area contributed by atoms with Gasteiger partial charge < -0.3 is 16.2 Å². The summed E-state index contributed by atoms with van der Waals surface area (Å²) in [5.74, 6) is -0.845. The summed E-state index contributed by atoms with van der Waals surface area (Å²) in [6.07, 6.45) is 0. The van der Waals surface area contributed by atoms with Gasteiger partial charge in [0, 0.05) is 11.6 Å². The van der Waals surface area contributed by atoms with Crippen molar-refractivity contribution in [1.82, 2.24) is 9.97 Å². The van der Waals surface area contributed by atoms with Gasteiger partial charge in [0.25, 0.3) is 10.0 Å². The number of halogens is 1. The summed E-state index contributed by atoms with van der Waals surface area (Å²) < 4.78 is 28.4. The molecule has 0 bridgehead atoms. The molecule has 0 aliphatic heterocycles. The zero-order valence-electron chi connectivity index (χ0n) is 16.3. The number of rotatable bonds is 6. The van der Waals surface area contributed by atoms with Gasteiger partial charge in [0.1, 0.15) is 5.75 Å². The number of nitrogens with one attached hydrogen (secondary N) is 2. The van der Waals surface area contributed by atoms with Gasteiger partial charge in [-0.25, -0.2) is 18.4 Å². The molecule has 0 aliphatic carbocycles. The summed E-state index contributed by atoms with van der Waals surface area (Å²) in [5, 5.41) is 13.0. The number of primary amides is 1. The Balaban J connectivity index is 1.80. The highest BCUT2D eigenvalue weighted by Gasteiger charge is 2.20. The van der Waals surface area contributed by atoms with Crippen LogP contribution in [0.15, 0.2) is 71.6 Å². The van der Waals surface area contributed by atoms with E-state index in [1.807, 2.05) is 0 Å². The fourth-order valence-electron chi connectivity index (χ4n) is 2.90. The molecule has 5 N–H and O–H groups in total. The zero-order valence-corrected chi connectivity index (χ0v) is 17.9. The van der Waals surface area contributed by atoms with E-state index in [0.717, 1.165) is 0 Å². The number of phenols is 1. The molecule has 0 unspecified atom stereocenters. The monoisotopic (exact) mass is 469 g/mol. The van der Waals surface area contributed by atoms with Crippen LogP contribution in [0.5, 0.6) is 5.75 Å². The maximum Gasteiger partial charge on any atom is 0.263 e. The highest BCUT2D eigenvalue weighted by Crippen LogP contribution is 2.32. The Hall–Kier alpha value is -3.89. The Morgan fingerprint density at radius 3 is 2.31 bits per heavy atom. The summed E-state index contributed by atoms with van der Waals surface area (Å²) in [5.41, 5.74) is 6.55. The van der Waals surface area contributed by atoms with Gasteiger partial charge >= 0.3 is 0 Å². The van der Waals surface area contributed by atoms with Crippen molar-refractivity contribution < 1.29 is 18.3 Å². The van der Waals surface area contributed by atoms with Gasteiger partial charge in [-0.05, 0) is 42.5 Å². The molecule has 162 valence electrons. The number of aromatic nitrogens is 2. The van der Waals surface area contributed by atoms with Crippen LogP contribution >= 0.6 is 11.6 Å². The molecule has 1 amide bonds. The number of nitrogens with two attached hydrogens (primary N) is 1. The second kappa shape index (κ2) is 8.33. The smallest absolute Gasteiger partial charge is 0.263 e. The first-order chi connectivity index (χ1) is 15.2. The minimum atomic E-state index is -4.15. The molecular weight excluding hydrogens is 454 g/mol. The Bertz CT molecular complexity index is 1460. The Kier molecular flexibility index (Phi) is 5.56. The van der Waals surface area contributed by atoms with Crippen molar-refractivity contribution in [3.05, 3.63) is 77.3 Å². The van der Waals surface area contributed by atoms with Crippen LogP contribution in [0, 0.1) is 0 Å².